The SMILES string of the molecule is Cc1cc(NC2CCOCC2)n2nccc2n1. The van der Waals surface area contributed by atoms with Crippen LogP contribution < -0.4 is 5.32 Å². The largest absolute Gasteiger partial charge is 0.381 e. The van der Waals surface area contributed by atoms with Gasteiger partial charge in [0.05, 0.1) is 6.20 Å². The van der Waals surface area contributed by atoms with Crippen molar-refractivity contribution >= 4 is 11.5 Å². The molecule has 1 saturated heterocycles. The van der Waals surface area contributed by atoms with Gasteiger partial charge in [-0.2, -0.15) is 9.61 Å². The number of aromatic nitrogens is 3. The second kappa shape index (κ2) is 4.33. The third kappa shape index (κ3) is 2.10. The molecule has 3 rings (SSSR count). The quantitative estimate of drug-likeness (QED) is 0.855. The molecule has 1 N–H and O–H groups in total. The van der Waals surface area contributed by atoms with Gasteiger partial charge in [0.1, 0.15) is 5.82 Å². The predicted molar refractivity (Wildman–Crippen MR) is 65.2 cm³/mol. The van der Waals surface area contributed by atoms with Crippen LogP contribution in [0.1, 0.15) is 18.5 Å². The Bertz CT molecular complexity index is 516. The van der Waals surface area contributed by atoms with Crippen molar-refractivity contribution in [3.05, 3.63) is 24.0 Å². The molecule has 5 nitrogen and oxygen atoms in total. The fourth-order valence-electron chi connectivity index (χ4n) is 2.19. The molecule has 0 unspecified atom stereocenters. The molecule has 1 fully saturated rings. The van der Waals surface area contributed by atoms with E-state index in [1.807, 2.05) is 23.6 Å². The summed E-state index contributed by atoms with van der Waals surface area (Å²) in [6, 6.07) is 4.43. The van der Waals surface area contributed by atoms with Crippen LogP contribution >= 0.6 is 0 Å². The molecule has 0 bridgehead atoms. The molecule has 0 radical (unpaired) electrons. The van der Waals surface area contributed by atoms with E-state index < -0.39 is 0 Å². The van der Waals surface area contributed by atoms with Gasteiger partial charge < -0.3 is 10.1 Å². The lowest BCUT2D eigenvalue weighted by Gasteiger charge is -2.24. The van der Waals surface area contributed by atoms with Crippen molar-refractivity contribution < 1.29 is 4.74 Å². The summed E-state index contributed by atoms with van der Waals surface area (Å²) in [6.07, 6.45) is 3.87. The van der Waals surface area contributed by atoms with Crippen LogP contribution in [0.15, 0.2) is 18.3 Å². The van der Waals surface area contributed by atoms with Crippen LogP contribution in [0.5, 0.6) is 0 Å². The summed E-state index contributed by atoms with van der Waals surface area (Å²) in [5.74, 6) is 1.02. The fraction of sp³-hybridized carbons (Fsp3) is 0.500. The summed E-state index contributed by atoms with van der Waals surface area (Å²) in [6.45, 7) is 3.68. The lowest BCUT2D eigenvalue weighted by molar-refractivity contribution is 0.0903. The fourth-order valence-corrected chi connectivity index (χ4v) is 2.19. The standard InChI is InChI=1S/C12H16N4O/c1-9-8-12(15-10-3-6-17-7-4-10)16-11(14-9)2-5-13-16/h2,5,8,10,15H,3-4,6-7H2,1H3. The lowest BCUT2D eigenvalue weighted by Crippen LogP contribution is -2.28. The highest BCUT2D eigenvalue weighted by Crippen LogP contribution is 2.16. The molecule has 0 atom stereocenters. The molecule has 0 spiro atoms. The van der Waals surface area contributed by atoms with Crippen LogP contribution in [0.2, 0.25) is 0 Å². The molecular weight excluding hydrogens is 216 g/mol. The Morgan fingerprint density at radius 3 is 3.06 bits per heavy atom. The average Bonchev–Trinajstić information content (AvgIpc) is 2.78. The number of rotatable bonds is 2. The number of fused-ring (bicyclic) bond motifs is 1. The molecule has 0 saturated carbocycles. The minimum atomic E-state index is 0.470. The third-order valence-corrected chi connectivity index (χ3v) is 3.06. The van der Waals surface area contributed by atoms with Crippen LogP contribution in [0.3, 0.4) is 0 Å². The minimum Gasteiger partial charge on any atom is -0.381 e. The Labute approximate surface area is 99.8 Å². The molecule has 2 aromatic heterocycles. The molecule has 5 heteroatoms. The third-order valence-electron chi connectivity index (χ3n) is 3.06. The second-order valence-corrected chi connectivity index (χ2v) is 4.41. The highest BCUT2D eigenvalue weighted by atomic mass is 16.5. The first-order valence-corrected chi connectivity index (χ1v) is 5.98. The maximum absolute atomic E-state index is 5.36. The van der Waals surface area contributed by atoms with E-state index >= 15 is 0 Å². The number of hydrogen-bond donors (Lipinski definition) is 1. The topological polar surface area (TPSA) is 51.5 Å². The van der Waals surface area contributed by atoms with Crippen molar-refractivity contribution in [3.8, 4) is 0 Å². The maximum Gasteiger partial charge on any atom is 0.157 e. The molecule has 2 aromatic rings. The number of nitrogens with zero attached hydrogens (tertiary/aromatic N) is 3. The summed E-state index contributed by atoms with van der Waals surface area (Å²) in [5, 5.41) is 7.82. The number of nitrogens with one attached hydrogen (secondary N) is 1. The summed E-state index contributed by atoms with van der Waals surface area (Å²) in [4.78, 5) is 4.43. The summed E-state index contributed by atoms with van der Waals surface area (Å²) in [5.41, 5.74) is 1.90. The monoisotopic (exact) mass is 232 g/mol. The van der Waals surface area contributed by atoms with Crippen molar-refractivity contribution in [1.82, 2.24) is 14.6 Å². The molecule has 1 aliphatic rings. The van der Waals surface area contributed by atoms with Crippen molar-refractivity contribution in [1.29, 1.82) is 0 Å². The Hall–Kier alpha value is -1.62. The van der Waals surface area contributed by atoms with Gasteiger partial charge in [-0.3, -0.25) is 0 Å². The zero-order valence-electron chi connectivity index (χ0n) is 9.89. The lowest BCUT2D eigenvalue weighted by atomic mass is 10.1. The number of anilines is 1. The molecule has 3 heterocycles. The maximum atomic E-state index is 5.36. The van der Waals surface area contributed by atoms with Crippen molar-refractivity contribution in [2.24, 2.45) is 0 Å². The van der Waals surface area contributed by atoms with E-state index in [4.69, 9.17) is 4.74 Å². The molecule has 0 amide bonds. The van der Waals surface area contributed by atoms with Crippen molar-refractivity contribution in [2.45, 2.75) is 25.8 Å². The smallest absolute Gasteiger partial charge is 0.157 e. The van der Waals surface area contributed by atoms with Gasteiger partial charge >= 0.3 is 0 Å². The Morgan fingerprint density at radius 2 is 2.24 bits per heavy atom. The normalized spacial score (nSPS) is 17.5. The van der Waals surface area contributed by atoms with Gasteiger partial charge in [0.2, 0.25) is 0 Å². The van der Waals surface area contributed by atoms with Crippen LogP contribution in [0.25, 0.3) is 5.65 Å². The van der Waals surface area contributed by atoms with Gasteiger partial charge in [0.25, 0.3) is 0 Å². The zero-order chi connectivity index (χ0) is 11.7. The minimum absolute atomic E-state index is 0.470. The van der Waals surface area contributed by atoms with Gasteiger partial charge in [-0.25, -0.2) is 4.98 Å². The van der Waals surface area contributed by atoms with E-state index in [0.29, 0.717) is 6.04 Å². The van der Waals surface area contributed by atoms with Gasteiger partial charge in [-0.15, -0.1) is 0 Å². The first-order valence-electron chi connectivity index (χ1n) is 5.98. The number of aryl methyl sites for hydroxylation is 1. The van der Waals surface area contributed by atoms with E-state index in [1.54, 1.807) is 6.20 Å². The number of hydrogen-bond acceptors (Lipinski definition) is 4. The van der Waals surface area contributed by atoms with Crippen LogP contribution in [0, 0.1) is 6.92 Å². The van der Waals surface area contributed by atoms with Crippen LogP contribution in [-0.4, -0.2) is 33.9 Å². The molecule has 1 aliphatic heterocycles. The molecular formula is C12H16N4O. The number of ether oxygens (including phenoxy) is 1. The van der Waals surface area contributed by atoms with E-state index in [-0.39, 0.29) is 0 Å². The van der Waals surface area contributed by atoms with E-state index in [2.05, 4.69) is 15.4 Å². The highest BCUT2D eigenvalue weighted by Gasteiger charge is 2.15. The van der Waals surface area contributed by atoms with E-state index in [1.165, 1.54) is 0 Å². The van der Waals surface area contributed by atoms with Gasteiger partial charge in [-0.1, -0.05) is 0 Å². The van der Waals surface area contributed by atoms with Crippen LogP contribution in [-0.2, 0) is 4.74 Å². The van der Waals surface area contributed by atoms with Crippen molar-refractivity contribution in [2.75, 3.05) is 18.5 Å². The van der Waals surface area contributed by atoms with E-state index in [0.717, 1.165) is 43.2 Å². The Balaban J connectivity index is 1.90. The predicted octanol–water partition coefficient (Wildman–Crippen LogP) is 1.63. The Morgan fingerprint density at radius 1 is 1.41 bits per heavy atom. The molecule has 0 aliphatic carbocycles. The summed E-state index contributed by atoms with van der Waals surface area (Å²) in [7, 11) is 0. The van der Waals surface area contributed by atoms with Gasteiger partial charge in [-0.05, 0) is 19.8 Å². The highest BCUT2D eigenvalue weighted by molar-refractivity contribution is 5.49. The first-order chi connectivity index (χ1) is 8.33. The van der Waals surface area contributed by atoms with Crippen molar-refractivity contribution in [3.63, 3.8) is 0 Å². The average molecular weight is 232 g/mol. The van der Waals surface area contributed by atoms with Gasteiger partial charge in [0.15, 0.2) is 5.65 Å². The van der Waals surface area contributed by atoms with E-state index in [9.17, 15) is 0 Å². The van der Waals surface area contributed by atoms with Gasteiger partial charge in [0, 0.05) is 37.1 Å². The zero-order valence-corrected chi connectivity index (χ0v) is 9.89. The first kappa shape index (κ1) is 10.5. The summed E-state index contributed by atoms with van der Waals surface area (Å²) >= 11 is 0. The molecule has 90 valence electrons. The Kier molecular flexibility index (Phi) is 2.68. The second-order valence-electron chi connectivity index (χ2n) is 4.41. The molecule has 17 heavy (non-hydrogen) atoms. The van der Waals surface area contributed by atoms with Crippen LogP contribution in [0.4, 0.5) is 5.82 Å². The summed E-state index contributed by atoms with van der Waals surface area (Å²) < 4.78 is 7.21. The molecule has 0 aromatic carbocycles.